The molecule has 6 heteroatoms. The molecule has 10 heavy (non-hydrogen) atoms. The smallest absolute Gasteiger partial charge is 0.261 e. The lowest BCUT2D eigenvalue weighted by Crippen LogP contribution is -2.18. The zero-order valence-electron chi connectivity index (χ0n) is 5.98. The van der Waals surface area contributed by atoms with Gasteiger partial charge < -0.3 is 10.8 Å². The van der Waals surface area contributed by atoms with Crippen molar-refractivity contribution in [3.63, 3.8) is 0 Å². The molecule has 0 aromatic carbocycles. The molecule has 4 N–H and O–H groups in total. The number of hydrogen-bond donors (Lipinski definition) is 3. The van der Waals surface area contributed by atoms with Gasteiger partial charge in [0.1, 0.15) is 0 Å². The van der Waals surface area contributed by atoms with Crippen LogP contribution in [0.4, 0.5) is 0 Å². The maximum absolute atomic E-state index is 9.19. The van der Waals surface area contributed by atoms with Crippen LogP contribution in [-0.2, 0) is 10.1 Å². The molecule has 0 saturated heterocycles. The molecule has 0 amide bonds. The zero-order valence-corrected chi connectivity index (χ0v) is 6.80. The monoisotopic (exact) mass is 171 g/mol. The number of aliphatic hydroxyl groups is 1. The lowest BCUT2D eigenvalue weighted by atomic mass is 10.4. The average Bonchev–Trinajstić information content (AvgIpc) is 1.61. The van der Waals surface area contributed by atoms with Gasteiger partial charge in [-0.05, 0) is 6.92 Å². The lowest BCUT2D eigenvalue weighted by Gasteiger charge is -1.91. The number of hydrogen-bond acceptors (Lipinski definition) is 4. The molecule has 0 aliphatic carbocycles. The van der Waals surface area contributed by atoms with Crippen molar-refractivity contribution in [2.75, 3.05) is 12.9 Å². The van der Waals surface area contributed by atoms with Crippen LogP contribution in [0.15, 0.2) is 0 Å². The van der Waals surface area contributed by atoms with Crippen LogP contribution in [-0.4, -0.2) is 37.0 Å². The summed E-state index contributed by atoms with van der Waals surface area (Å²) in [6, 6.07) is -0.0602. The fourth-order valence-electron chi connectivity index (χ4n) is 0. The van der Waals surface area contributed by atoms with E-state index in [4.69, 9.17) is 15.4 Å². The first-order chi connectivity index (χ1) is 4.27. The van der Waals surface area contributed by atoms with Crippen molar-refractivity contribution < 1.29 is 18.1 Å². The number of rotatable bonds is 1. The molecular formula is C4H13NO4S. The summed E-state index contributed by atoms with van der Waals surface area (Å²) in [6.07, 6.45) is 0.715. The third kappa shape index (κ3) is 109. The molecule has 0 aliphatic heterocycles. The van der Waals surface area contributed by atoms with Crippen molar-refractivity contribution in [2.24, 2.45) is 5.73 Å². The van der Waals surface area contributed by atoms with Gasteiger partial charge in [-0.1, -0.05) is 0 Å². The van der Waals surface area contributed by atoms with Gasteiger partial charge in [0.15, 0.2) is 0 Å². The molecule has 0 fully saturated rings. The third-order valence-corrected chi connectivity index (χ3v) is 0.288. The topological polar surface area (TPSA) is 101 Å². The van der Waals surface area contributed by atoms with Gasteiger partial charge in [0.25, 0.3) is 10.1 Å². The predicted octanol–water partition coefficient (Wildman–Crippen LogP) is -1.17. The Balaban J connectivity index is 0. The van der Waals surface area contributed by atoms with E-state index in [0.717, 1.165) is 0 Å². The van der Waals surface area contributed by atoms with E-state index >= 15 is 0 Å². The fraction of sp³-hybridized carbons (Fsp3) is 1.00. The Morgan fingerprint density at radius 2 is 1.70 bits per heavy atom. The molecule has 0 aromatic rings. The highest BCUT2D eigenvalue weighted by molar-refractivity contribution is 7.85. The minimum atomic E-state index is -3.67. The summed E-state index contributed by atoms with van der Waals surface area (Å²) in [6.45, 7) is 1.83. The van der Waals surface area contributed by atoms with Crippen LogP contribution in [0.25, 0.3) is 0 Å². The van der Waals surface area contributed by atoms with E-state index in [1.165, 1.54) is 0 Å². The molecule has 0 aliphatic rings. The van der Waals surface area contributed by atoms with E-state index in [2.05, 4.69) is 0 Å². The van der Waals surface area contributed by atoms with Gasteiger partial charge in [-0.2, -0.15) is 8.42 Å². The Kier molecular flexibility index (Phi) is 7.00. The van der Waals surface area contributed by atoms with Crippen molar-refractivity contribution in [1.29, 1.82) is 0 Å². The van der Waals surface area contributed by atoms with E-state index in [1.807, 2.05) is 0 Å². The summed E-state index contributed by atoms with van der Waals surface area (Å²) in [5.41, 5.74) is 5.04. The molecular weight excluding hydrogens is 158 g/mol. The first kappa shape index (κ1) is 12.5. The normalized spacial score (nSPS) is 13.3. The highest BCUT2D eigenvalue weighted by Crippen LogP contribution is 1.62. The minimum Gasteiger partial charge on any atom is -0.395 e. The van der Waals surface area contributed by atoms with Crippen molar-refractivity contribution in [3.8, 4) is 0 Å². The van der Waals surface area contributed by atoms with Gasteiger partial charge in [-0.15, -0.1) is 0 Å². The highest BCUT2D eigenvalue weighted by atomic mass is 32.2. The van der Waals surface area contributed by atoms with Crippen LogP contribution in [0, 0.1) is 0 Å². The van der Waals surface area contributed by atoms with Crippen LogP contribution in [0.2, 0.25) is 0 Å². The Labute approximate surface area is 60.6 Å². The van der Waals surface area contributed by atoms with E-state index in [1.54, 1.807) is 6.92 Å². The molecule has 0 spiro atoms. The summed E-state index contributed by atoms with van der Waals surface area (Å²) >= 11 is 0. The molecule has 0 saturated carbocycles. The second-order valence-corrected chi connectivity index (χ2v) is 3.36. The Morgan fingerprint density at radius 1 is 1.60 bits per heavy atom. The molecule has 0 rings (SSSR count). The second-order valence-electron chi connectivity index (χ2n) is 1.89. The molecule has 1 atom stereocenters. The van der Waals surface area contributed by atoms with Gasteiger partial charge in [0.05, 0.1) is 12.9 Å². The Morgan fingerprint density at radius 3 is 1.70 bits per heavy atom. The van der Waals surface area contributed by atoms with Crippen LogP contribution in [0.1, 0.15) is 6.92 Å². The van der Waals surface area contributed by atoms with Crippen LogP contribution < -0.4 is 5.73 Å². The summed E-state index contributed by atoms with van der Waals surface area (Å²) < 4.78 is 25.9. The molecule has 64 valence electrons. The van der Waals surface area contributed by atoms with Crippen molar-refractivity contribution in [1.82, 2.24) is 0 Å². The van der Waals surface area contributed by atoms with E-state index in [-0.39, 0.29) is 12.6 Å². The van der Waals surface area contributed by atoms with E-state index in [0.29, 0.717) is 6.26 Å². The second kappa shape index (κ2) is 5.60. The van der Waals surface area contributed by atoms with Crippen LogP contribution >= 0.6 is 0 Å². The lowest BCUT2D eigenvalue weighted by molar-refractivity contribution is 0.273. The summed E-state index contributed by atoms with van der Waals surface area (Å²) in [7, 11) is -3.67. The average molecular weight is 171 g/mol. The first-order valence-corrected chi connectivity index (χ1v) is 4.41. The maximum atomic E-state index is 9.19. The van der Waals surface area contributed by atoms with Crippen molar-refractivity contribution >= 4 is 10.1 Å². The Bertz CT molecular complexity index is 143. The summed E-state index contributed by atoms with van der Waals surface area (Å²) in [4.78, 5) is 0. The minimum absolute atomic E-state index is 0.0602. The van der Waals surface area contributed by atoms with Crippen molar-refractivity contribution in [2.45, 2.75) is 13.0 Å². The summed E-state index contributed by atoms with van der Waals surface area (Å²) in [5.74, 6) is 0. The van der Waals surface area contributed by atoms with Crippen molar-refractivity contribution in [3.05, 3.63) is 0 Å². The van der Waals surface area contributed by atoms with Gasteiger partial charge in [0.2, 0.25) is 0 Å². The van der Waals surface area contributed by atoms with Gasteiger partial charge in [-0.3, -0.25) is 4.55 Å². The maximum Gasteiger partial charge on any atom is 0.261 e. The fourth-order valence-corrected chi connectivity index (χ4v) is 0. The van der Waals surface area contributed by atoms with E-state index < -0.39 is 10.1 Å². The molecule has 0 radical (unpaired) electrons. The molecule has 1 unspecified atom stereocenters. The largest absolute Gasteiger partial charge is 0.395 e. The highest BCUT2D eigenvalue weighted by Gasteiger charge is 1.81. The quantitative estimate of drug-likeness (QED) is 0.431. The first-order valence-electron chi connectivity index (χ1n) is 2.56. The number of nitrogens with two attached hydrogens (primary N) is 1. The molecule has 0 aromatic heterocycles. The molecule has 0 heterocycles. The Hall–Kier alpha value is -0.170. The van der Waals surface area contributed by atoms with Gasteiger partial charge in [-0.25, -0.2) is 0 Å². The SMILES string of the molecule is CC(N)CO.CS(=O)(=O)O. The van der Waals surface area contributed by atoms with E-state index in [9.17, 15) is 8.42 Å². The number of aliphatic hydroxyl groups excluding tert-OH is 1. The summed E-state index contributed by atoms with van der Waals surface area (Å²) in [5, 5.41) is 8.02. The van der Waals surface area contributed by atoms with Gasteiger partial charge >= 0.3 is 0 Å². The zero-order chi connectivity index (χ0) is 8.78. The molecule has 5 nitrogen and oxygen atoms in total. The predicted molar refractivity (Wildman–Crippen MR) is 38.2 cm³/mol. The van der Waals surface area contributed by atoms with Crippen LogP contribution in [0.3, 0.4) is 0 Å². The van der Waals surface area contributed by atoms with Gasteiger partial charge in [0, 0.05) is 6.04 Å². The van der Waals surface area contributed by atoms with Crippen LogP contribution in [0.5, 0.6) is 0 Å². The third-order valence-electron chi connectivity index (χ3n) is 0.288. The standard InChI is InChI=1S/C3H9NO.CH4O3S/c1-3(4)2-5;1-5(2,3)4/h3,5H,2,4H2,1H3;1H3,(H,2,3,4). The molecule has 0 bridgehead atoms.